The number of aliphatic hydroxyl groups excluding tert-OH is 1. The number of halogens is 1. The molecule has 0 atom stereocenters. The minimum atomic E-state index is -1.09. The summed E-state index contributed by atoms with van der Waals surface area (Å²) in [4.78, 5) is 18.4. The number of hydrogen-bond donors (Lipinski definition) is 1. The van der Waals surface area contributed by atoms with E-state index in [-0.39, 0.29) is 6.61 Å². The Morgan fingerprint density at radius 2 is 1.81 bits per heavy atom. The SMILES string of the molecule is CCO.O=[N+]([O-])c1ccc(F)c([N+](=O)[O-])c1. The molecule has 0 bridgehead atoms. The molecule has 0 saturated carbocycles. The van der Waals surface area contributed by atoms with E-state index in [1.165, 1.54) is 0 Å². The lowest BCUT2D eigenvalue weighted by atomic mass is 10.3. The van der Waals surface area contributed by atoms with Gasteiger partial charge in [0.25, 0.3) is 5.69 Å². The zero-order chi connectivity index (χ0) is 12.7. The van der Waals surface area contributed by atoms with Gasteiger partial charge in [-0.1, -0.05) is 0 Å². The summed E-state index contributed by atoms with van der Waals surface area (Å²) in [7, 11) is 0. The molecule has 0 saturated heterocycles. The van der Waals surface area contributed by atoms with E-state index in [1.54, 1.807) is 6.92 Å². The third-order valence-corrected chi connectivity index (χ3v) is 1.34. The summed E-state index contributed by atoms with van der Waals surface area (Å²) in [5.74, 6) is -1.09. The number of benzene rings is 1. The van der Waals surface area contributed by atoms with Gasteiger partial charge in [0.15, 0.2) is 0 Å². The molecule has 0 amide bonds. The average Bonchev–Trinajstić information content (AvgIpc) is 2.18. The van der Waals surface area contributed by atoms with Crippen LogP contribution in [0.1, 0.15) is 6.92 Å². The normalized spacial score (nSPS) is 8.94. The first-order valence-electron chi connectivity index (χ1n) is 4.13. The molecule has 1 N–H and O–H groups in total. The van der Waals surface area contributed by atoms with Gasteiger partial charge in [0.1, 0.15) is 0 Å². The Morgan fingerprint density at radius 1 is 1.31 bits per heavy atom. The summed E-state index contributed by atoms with van der Waals surface area (Å²) in [6.45, 7) is 1.93. The van der Waals surface area contributed by atoms with Gasteiger partial charge in [-0.2, -0.15) is 4.39 Å². The molecule has 0 fully saturated rings. The molecule has 0 radical (unpaired) electrons. The fraction of sp³-hybridized carbons (Fsp3) is 0.250. The first-order valence-corrected chi connectivity index (χ1v) is 4.13. The lowest BCUT2D eigenvalue weighted by Crippen LogP contribution is -1.95. The van der Waals surface area contributed by atoms with Crippen LogP contribution in [0.15, 0.2) is 18.2 Å². The number of nitrogens with zero attached hydrogens (tertiary/aromatic N) is 2. The molecule has 1 rings (SSSR count). The Morgan fingerprint density at radius 3 is 2.19 bits per heavy atom. The monoisotopic (exact) mass is 232 g/mol. The Balaban J connectivity index is 0.000000673. The van der Waals surface area contributed by atoms with E-state index in [0.717, 1.165) is 6.07 Å². The molecule has 88 valence electrons. The van der Waals surface area contributed by atoms with Crippen LogP contribution in [0.5, 0.6) is 0 Å². The van der Waals surface area contributed by atoms with Crippen LogP contribution in [-0.4, -0.2) is 21.6 Å². The Hall–Kier alpha value is -2.09. The van der Waals surface area contributed by atoms with Crippen LogP contribution in [0, 0.1) is 26.0 Å². The zero-order valence-electron chi connectivity index (χ0n) is 8.29. The summed E-state index contributed by atoms with van der Waals surface area (Å²) >= 11 is 0. The lowest BCUT2D eigenvalue weighted by molar-refractivity contribution is -0.395. The molecule has 1 aromatic rings. The fourth-order valence-electron chi connectivity index (χ4n) is 0.755. The third-order valence-electron chi connectivity index (χ3n) is 1.34. The minimum absolute atomic E-state index is 0.250. The molecular formula is C8H9FN2O5. The van der Waals surface area contributed by atoms with Crippen molar-refractivity contribution in [1.82, 2.24) is 0 Å². The third kappa shape index (κ3) is 3.96. The van der Waals surface area contributed by atoms with Gasteiger partial charge in [-0.15, -0.1) is 0 Å². The van der Waals surface area contributed by atoms with E-state index < -0.39 is 27.0 Å². The predicted octanol–water partition coefficient (Wildman–Crippen LogP) is 1.64. The second kappa shape index (κ2) is 6.40. The lowest BCUT2D eigenvalue weighted by Gasteiger charge is -1.93. The maximum Gasteiger partial charge on any atom is 0.311 e. The summed E-state index contributed by atoms with van der Waals surface area (Å²) in [5.41, 5.74) is -1.40. The summed E-state index contributed by atoms with van der Waals surface area (Å²) in [6, 6.07) is 2.13. The molecule has 16 heavy (non-hydrogen) atoms. The van der Waals surface area contributed by atoms with Crippen LogP contribution < -0.4 is 0 Å². The maximum absolute atomic E-state index is 12.6. The smallest absolute Gasteiger partial charge is 0.311 e. The molecule has 1 aromatic carbocycles. The first kappa shape index (κ1) is 13.9. The van der Waals surface area contributed by atoms with Crippen molar-refractivity contribution in [2.75, 3.05) is 6.61 Å². The van der Waals surface area contributed by atoms with Gasteiger partial charge >= 0.3 is 5.69 Å². The zero-order valence-corrected chi connectivity index (χ0v) is 8.29. The molecule has 7 nitrogen and oxygen atoms in total. The quantitative estimate of drug-likeness (QED) is 0.616. The van der Waals surface area contributed by atoms with Gasteiger partial charge in [-0.25, -0.2) is 0 Å². The summed E-state index contributed by atoms with van der Waals surface area (Å²) < 4.78 is 12.6. The molecule has 0 aliphatic heterocycles. The first-order chi connectivity index (χ1) is 7.43. The summed E-state index contributed by atoms with van der Waals surface area (Å²) in [6.07, 6.45) is 0. The number of non-ortho nitro benzene ring substituents is 1. The van der Waals surface area contributed by atoms with E-state index >= 15 is 0 Å². The number of nitro benzene ring substituents is 2. The van der Waals surface area contributed by atoms with Crippen molar-refractivity contribution in [3.8, 4) is 0 Å². The van der Waals surface area contributed by atoms with E-state index in [0.29, 0.717) is 12.1 Å². The molecule has 0 aliphatic rings. The second-order valence-corrected chi connectivity index (χ2v) is 2.47. The van der Waals surface area contributed by atoms with Crippen LogP contribution in [0.25, 0.3) is 0 Å². The maximum atomic E-state index is 12.6. The van der Waals surface area contributed by atoms with E-state index in [1.807, 2.05) is 0 Å². The van der Waals surface area contributed by atoms with Crippen LogP contribution in [0.3, 0.4) is 0 Å². The molecule has 0 heterocycles. The standard InChI is InChI=1S/C6H3FN2O4.C2H6O/c7-5-2-1-4(8(10)11)3-6(5)9(12)13;1-2-3/h1-3H;3H,2H2,1H3. The van der Waals surface area contributed by atoms with Crippen molar-refractivity contribution in [3.63, 3.8) is 0 Å². The second-order valence-electron chi connectivity index (χ2n) is 2.47. The van der Waals surface area contributed by atoms with Crippen molar-refractivity contribution >= 4 is 11.4 Å². The number of hydrogen-bond acceptors (Lipinski definition) is 5. The van der Waals surface area contributed by atoms with E-state index in [9.17, 15) is 24.6 Å². The minimum Gasteiger partial charge on any atom is -0.397 e. The van der Waals surface area contributed by atoms with Crippen LogP contribution in [-0.2, 0) is 0 Å². The fourth-order valence-corrected chi connectivity index (χ4v) is 0.755. The van der Waals surface area contributed by atoms with Crippen LogP contribution >= 0.6 is 0 Å². The molecule has 8 heteroatoms. The molecule has 0 spiro atoms. The molecule has 0 unspecified atom stereocenters. The van der Waals surface area contributed by atoms with Gasteiger partial charge in [-0.3, -0.25) is 20.2 Å². The number of nitro groups is 2. The number of rotatable bonds is 2. The Labute approximate surface area is 89.4 Å². The van der Waals surface area contributed by atoms with Gasteiger partial charge in [0, 0.05) is 12.7 Å². The average molecular weight is 232 g/mol. The van der Waals surface area contributed by atoms with Crippen LogP contribution in [0.4, 0.5) is 15.8 Å². The van der Waals surface area contributed by atoms with Crippen molar-refractivity contribution in [2.45, 2.75) is 6.92 Å². The Kier molecular flexibility index (Phi) is 5.57. The Bertz CT molecular complexity index is 396. The summed E-state index contributed by atoms with van der Waals surface area (Å²) in [5, 5.41) is 27.9. The molecule has 0 aliphatic carbocycles. The van der Waals surface area contributed by atoms with Crippen molar-refractivity contribution < 1.29 is 19.3 Å². The molecule has 0 aromatic heterocycles. The molecular weight excluding hydrogens is 223 g/mol. The highest BCUT2D eigenvalue weighted by molar-refractivity contribution is 5.43. The number of aliphatic hydroxyl groups is 1. The largest absolute Gasteiger partial charge is 0.397 e. The highest BCUT2D eigenvalue weighted by Crippen LogP contribution is 2.22. The highest BCUT2D eigenvalue weighted by atomic mass is 19.1. The van der Waals surface area contributed by atoms with Gasteiger partial charge < -0.3 is 5.11 Å². The van der Waals surface area contributed by atoms with Crippen molar-refractivity contribution in [3.05, 3.63) is 44.2 Å². The van der Waals surface area contributed by atoms with E-state index in [2.05, 4.69) is 0 Å². The van der Waals surface area contributed by atoms with Crippen molar-refractivity contribution in [1.29, 1.82) is 0 Å². The van der Waals surface area contributed by atoms with Gasteiger partial charge in [0.2, 0.25) is 5.82 Å². The van der Waals surface area contributed by atoms with E-state index in [4.69, 9.17) is 5.11 Å². The van der Waals surface area contributed by atoms with Crippen LogP contribution in [0.2, 0.25) is 0 Å². The highest BCUT2D eigenvalue weighted by Gasteiger charge is 2.18. The topological polar surface area (TPSA) is 107 Å². The van der Waals surface area contributed by atoms with Gasteiger partial charge in [0.05, 0.1) is 15.9 Å². The van der Waals surface area contributed by atoms with Gasteiger partial charge in [-0.05, 0) is 13.0 Å². The van der Waals surface area contributed by atoms with Crippen molar-refractivity contribution in [2.24, 2.45) is 0 Å². The predicted molar refractivity (Wildman–Crippen MR) is 52.5 cm³/mol.